The second-order valence-corrected chi connectivity index (χ2v) is 4.63. The molecule has 0 radical (unpaired) electrons. The van der Waals surface area contributed by atoms with E-state index in [0.29, 0.717) is 5.56 Å². The van der Waals surface area contributed by atoms with Crippen LogP contribution in [-0.4, -0.2) is 0 Å². The fourth-order valence-corrected chi connectivity index (χ4v) is 1.83. The first-order valence-electron chi connectivity index (χ1n) is 6.82. The van der Waals surface area contributed by atoms with Crippen LogP contribution in [0.4, 0.5) is 11.4 Å². The number of unbranched alkanes of at least 4 members (excludes halogenated alkanes) is 1. The van der Waals surface area contributed by atoms with Gasteiger partial charge in [0.15, 0.2) is 0 Å². The minimum Gasteiger partial charge on any atom is -0.192 e. The van der Waals surface area contributed by atoms with E-state index in [1.807, 2.05) is 12.1 Å². The zero-order chi connectivity index (χ0) is 14.2. The molecule has 0 saturated heterocycles. The van der Waals surface area contributed by atoms with E-state index in [4.69, 9.17) is 5.26 Å². The Bertz CT molecular complexity index is 604. The molecule has 2 rings (SSSR count). The van der Waals surface area contributed by atoms with Gasteiger partial charge in [0.2, 0.25) is 0 Å². The molecule has 2 aromatic carbocycles. The number of aryl methyl sites for hydroxylation is 1. The zero-order valence-corrected chi connectivity index (χ0v) is 11.6. The van der Waals surface area contributed by atoms with Crippen molar-refractivity contribution >= 4 is 11.4 Å². The topological polar surface area (TPSA) is 48.5 Å². The smallest absolute Gasteiger partial charge is 0.0991 e. The van der Waals surface area contributed by atoms with Crippen LogP contribution in [0.15, 0.2) is 58.8 Å². The highest BCUT2D eigenvalue weighted by Gasteiger charge is 1.95. The molecule has 2 aromatic rings. The number of nitriles is 1. The predicted octanol–water partition coefficient (Wildman–Crippen LogP) is 5.32. The number of rotatable bonds is 5. The van der Waals surface area contributed by atoms with Crippen molar-refractivity contribution in [3.05, 3.63) is 59.7 Å². The molecule has 0 aliphatic rings. The third-order valence-corrected chi connectivity index (χ3v) is 3.03. The zero-order valence-electron chi connectivity index (χ0n) is 11.6. The monoisotopic (exact) mass is 263 g/mol. The predicted molar refractivity (Wildman–Crippen MR) is 80.4 cm³/mol. The van der Waals surface area contributed by atoms with Gasteiger partial charge in [-0.1, -0.05) is 25.5 Å². The molecule has 0 aromatic heterocycles. The molecule has 3 nitrogen and oxygen atoms in total. The maximum atomic E-state index is 8.72. The van der Waals surface area contributed by atoms with Crippen LogP contribution in [0.2, 0.25) is 0 Å². The van der Waals surface area contributed by atoms with Gasteiger partial charge in [-0.3, -0.25) is 0 Å². The van der Waals surface area contributed by atoms with Gasteiger partial charge in [-0.05, 0) is 54.8 Å². The van der Waals surface area contributed by atoms with Crippen LogP contribution < -0.4 is 0 Å². The van der Waals surface area contributed by atoms with E-state index in [1.54, 1.807) is 24.3 Å². The van der Waals surface area contributed by atoms with E-state index < -0.39 is 0 Å². The van der Waals surface area contributed by atoms with Crippen LogP contribution in [0.5, 0.6) is 0 Å². The van der Waals surface area contributed by atoms with Crippen LogP contribution in [0.3, 0.4) is 0 Å². The first-order valence-corrected chi connectivity index (χ1v) is 6.82. The molecule has 0 N–H and O–H groups in total. The first-order chi connectivity index (χ1) is 9.81. The summed E-state index contributed by atoms with van der Waals surface area (Å²) in [6.07, 6.45) is 3.54. The molecule has 3 heteroatoms. The van der Waals surface area contributed by atoms with E-state index in [1.165, 1.54) is 18.4 Å². The first kappa shape index (κ1) is 14.0. The molecule has 0 amide bonds. The van der Waals surface area contributed by atoms with Crippen LogP contribution in [-0.2, 0) is 6.42 Å². The Morgan fingerprint density at radius 1 is 0.900 bits per heavy atom. The standard InChI is InChI=1S/C17H17N3/c1-2-3-4-14-5-9-16(10-6-14)19-20-17-11-7-15(13-18)8-12-17/h5-12H,2-4H2,1H3. The number of hydrogen-bond acceptors (Lipinski definition) is 3. The lowest BCUT2D eigenvalue weighted by atomic mass is 10.1. The molecule has 0 spiro atoms. The summed E-state index contributed by atoms with van der Waals surface area (Å²) in [4.78, 5) is 0. The molecule has 0 bridgehead atoms. The molecule has 0 unspecified atom stereocenters. The van der Waals surface area contributed by atoms with Gasteiger partial charge < -0.3 is 0 Å². The molecule has 0 aliphatic heterocycles. The number of benzene rings is 2. The molecule has 0 heterocycles. The normalized spacial score (nSPS) is 10.6. The minimum absolute atomic E-state index is 0.629. The van der Waals surface area contributed by atoms with Gasteiger partial charge in [0.05, 0.1) is 23.0 Å². The van der Waals surface area contributed by atoms with Crippen LogP contribution in [0.1, 0.15) is 30.9 Å². The van der Waals surface area contributed by atoms with Crippen molar-refractivity contribution in [3.63, 3.8) is 0 Å². The average molecular weight is 263 g/mol. The van der Waals surface area contributed by atoms with Crippen LogP contribution >= 0.6 is 0 Å². The third kappa shape index (κ3) is 4.03. The van der Waals surface area contributed by atoms with Gasteiger partial charge in [0.1, 0.15) is 0 Å². The summed E-state index contributed by atoms with van der Waals surface area (Å²) < 4.78 is 0. The van der Waals surface area contributed by atoms with E-state index >= 15 is 0 Å². The van der Waals surface area contributed by atoms with Gasteiger partial charge in [-0.15, -0.1) is 0 Å². The molecule has 0 saturated carbocycles. The summed E-state index contributed by atoms with van der Waals surface area (Å²) in [6.45, 7) is 2.19. The third-order valence-electron chi connectivity index (χ3n) is 3.03. The Balaban J connectivity index is 2.01. The lowest BCUT2D eigenvalue weighted by molar-refractivity contribution is 0.795. The molecule has 0 atom stereocenters. The SMILES string of the molecule is CCCCc1ccc(N=Nc2ccc(C#N)cc2)cc1. The molecule has 0 aliphatic carbocycles. The van der Waals surface area contributed by atoms with E-state index in [0.717, 1.165) is 17.8 Å². The van der Waals surface area contributed by atoms with Crippen molar-refractivity contribution in [1.82, 2.24) is 0 Å². The molecule has 20 heavy (non-hydrogen) atoms. The van der Waals surface area contributed by atoms with Gasteiger partial charge in [0.25, 0.3) is 0 Å². The maximum absolute atomic E-state index is 8.72. The summed E-state index contributed by atoms with van der Waals surface area (Å²) in [7, 11) is 0. The molecular formula is C17H17N3. The number of nitrogens with zero attached hydrogens (tertiary/aromatic N) is 3. The summed E-state index contributed by atoms with van der Waals surface area (Å²) in [5, 5.41) is 17.1. The van der Waals surface area contributed by atoms with Crippen molar-refractivity contribution in [1.29, 1.82) is 5.26 Å². The van der Waals surface area contributed by atoms with Gasteiger partial charge >= 0.3 is 0 Å². The lowest BCUT2D eigenvalue weighted by Gasteiger charge is -1.99. The second-order valence-electron chi connectivity index (χ2n) is 4.63. The van der Waals surface area contributed by atoms with Crippen molar-refractivity contribution in [3.8, 4) is 6.07 Å². The minimum atomic E-state index is 0.629. The Morgan fingerprint density at radius 3 is 1.95 bits per heavy atom. The Hall–Kier alpha value is -2.47. The Labute approximate surface area is 119 Å². The summed E-state index contributed by atoms with van der Waals surface area (Å²) in [5.41, 5.74) is 3.56. The molecule has 100 valence electrons. The molecule has 0 fully saturated rings. The van der Waals surface area contributed by atoms with Gasteiger partial charge in [-0.25, -0.2) is 0 Å². The number of azo groups is 1. The fourth-order valence-electron chi connectivity index (χ4n) is 1.83. The largest absolute Gasteiger partial charge is 0.192 e. The van der Waals surface area contributed by atoms with Crippen molar-refractivity contribution < 1.29 is 0 Å². The highest BCUT2D eigenvalue weighted by atomic mass is 15.1. The highest BCUT2D eigenvalue weighted by Crippen LogP contribution is 2.19. The fraction of sp³-hybridized carbons (Fsp3) is 0.235. The number of hydrogen-bond donors (Lipinski definition) is 0. The van der Waals surface area contributed by atoms with Gasteiger partial charge in [-0.2, -0.15) is 15.5 Å². The van der Waals surface area contributed by atoms with Crippen molar-refractivity contribution in [2.24, 2.45) is 10.2 Å². The summed E-state index contributed by atoms with van der Waals surface area (Å²) in [6, 6.07) is 17.3. The van der Waals surface area contributed by atoms with Crippen LogP contribution in [0.25, 0.3) is 0 Å². The van der Waals surface area contributed by atoms with Crippen molar-refractivity contribution in [2.75, 3.05) is 0 Å². The van der Waals surface area contributed by atoms with Crippen molar-refractivity contribution in [2.45, 2.75) is 26.2 Å². The highest BCUT2D eigenvalue weighted by molar-refractivity contribution is 5.44. The second kappa shape index (κ2) is 7.20. The Morgan fingerprint density at radius 2 is 1.45 bits per heavy atom. The maximum Gasteiger partial charge on any atom is 0.0991 e. The summed E-state index contributed by atoms with van der Waals surface area (Å²) in [5.74, 6) is 0. The lowest BCUT2D eigenvalue weighted by Crippen LogP contribution is -1.82. The average Bonchev–Trinajstić information content (AvgIpc) is 2.52. The van der Waals surface area contributed by atoms with Gasteiger partial charge in [0, 0.05) is 0 Å². The van der Waals surface area contributed by atoms with Crippen LogP contribution in [0, 0.1) is 11.3 Å². The van der Waals surface area contributed by atoms with E-state index in [9.17, 15) is 0 Å². The quantitative estimate of drug-likeness (QED) is 0.674. The summed E-state index contributed by atoms with van der Waals surface area (Å²) >= 11 is 0. The molecular weight excluding hydrogens is 246 g/mol. The Kier molecular flexibility index (Phi) is 5.02. The van der Waals surface area contributed by atoms with E-state index in [2.05, 4.69) is 35.4 Å². The van der Waals surface area contributed by atoms with E-state index in [-0.39, 0.29) is 0 Å².